The molecule has 110 valence electrons. The van der Waals surface area contributed by atoms with Gasteiger partial charge in [0.2, 0.25) is 0 Å². The molecule has 4 heteroatoms. The van der Waals surface area contributed by atoms with E-state index in [9.17, 15) is 0 Å². The minimum Gasteiger partial charge on any atom is -0.460 e. The molecule has 0 aliphatic rings. The second kappa shape index (κ2) is 7.43. The lowest BCUT2D eigenvalue weighted by atomic mass is 10.1. The molecule has 0 atom stereocenters. The molecule has 0 radical (unpaired) electrons. The van der Waals surface area contributed by atoms with Gasteiger partial charge >= 0.3 is 0 Å². The van der Waals surface area contributed by atoms with Crippen molar-refractivity contribution in [1.82, 2.24) is 5.32 Å². The van der Waals surface area contributed by atoms with E-state index in [1.54, 1.807) is 0 Å². The van der Waals surface area contributed by atoms with Crippen LogP contribution in [0.25, 0.3) is 11.0 Å². The van der Waals surface area contributed by atoms with Gasteiger partial charge in [0.1, 0.15) is 11.3 Å². The Kier molecular flexibility index (Phi) is 5.59. The van der Waals surface area contributed by atoms with Crippen molar-refractivity contribution in [3.8, 4) is 0 Å². The van der Waals surface area contributed by atoms with Gasteiger partial charge in [-0.1, -0.05) is 0 Å². The van der Waals surface area contributed by atoms with Crippen LogP contribution in [0.3, 0.4) is 0 Å². The summed E-state index contributed by atoms with van der Waals surface area (Å²) in [6.07, 6.45) is 0.929. The van der Waals surface area contributed by atoms with Crippen LogP contribution in [0, 0.1) is 13.8 Å². The first-order chi connectivity index (χ1) is 9.70. The number of aliphatic hydroxyl groups is 1. The zero-order valence-electron chi connectivity index (χ0n) is 12.2. The van der Waals surface area contributed by atoms with E-state index in [2.05, 4.69) is 37.4 Å². The molecule has 0 saturated heterocycles. The molecule has 0 spiro atoms. The van der Waals surface area contributed by atoms with Crippen LogP contribution < -0.4 is 5.32 Å². The van der Waals surface area contributed by atoms with E-state index in [0.717, 1.165) is 36.2 Å². The largest absolute Gasteiger partial charge is 0.460 e. The van der Waals surface area contributed by atoms with Crippen molar-refractivity contribution < 1.29 is 14.3 Å². The summed E-state index contributed by atoms with van der Waals surface area (Å²) in [5.41, 5.74) is 3.50. The molecule has 2 N–H and O–H groups in total. The van der Waals surface area contributed by atoms with Gasteiger partial charge in [-0.05, 0) is 56.1 Å². The van der Waals surface area contributed by atoms with Crippen LogP contribution in [0.5, 0.6) is 0 Å². The topological polar surface area (TPSA) is 54.6 Å². The monoisotopic (exact) mass is 277 g/mol. The van der Waals surface area contributed by atoms with Gasteiger partial charge in [-0.3, -0.25) is 0 Å². The second-order valence-electron chi connectivity index (χ2n) is 5.05. The van der Waals surface area contributed by atoms with Gasteiger partial charge in [-0.15, -0.1) is 0 Å². The van der Waals surface area contributed by atoms with E-state index in [1.165, 1.54) is 11.1 Å². The van der Waals surface area contributed by atoms with Gasteiger partial charge in [0, 0.05) is 12.0 Å². The Balaban J connectivity index is 1.79. The number of aryl methyl sites for hydroxylation is 2. The minimum atomic E-state index is 0.0885. The molecular weight excluding hydrogens is 254 g/mol. The smallest absolute Gasteiger partial charge is 0.134 e. The highest BCUT2D eigenvalue weighted by atomic mass is 16.5. The average molecular weight is 277 g/mol. The normalized spacial score (nSPS) is 11.3. The minimum absolute atomic E-state index is 0.0885. The van der Waals surface area contributed by atoms with Crippen molar-refractivity contribution in [3.63, 3.8) is 0 Å². The number of aliphatic hydroxyl groups excluding tert-OH is 1. The third-order valence-electron chi connectivity index (χ3n) is 3.36. The van der Waals surface area contributed by atoms with Crippen molar-refractivity contribution in [3.05, 3.63) is 35.1 Å². The number of benzene rings is 1. The molecule has 0 aliphatic heterocycles. The highest BCUT2D eigenvalue weighted by Crippen LogP contribution is 2.23. The summed E-state index contributed by atoms with van der Waals surface area (Å²) >= 11 is 0. The third-order valence-corrected chi connectivity index (χ3v) is 3.36. The zero-order chi connectivity index (χ0) is 14.4. The van der Waals surface area contributed by atoms with E-state index in [4.69, 9.17) is 14.3 Å². The molecular formula is C16H23NO3. The molecule has 2 rings (SSSR count). The molecule has 1 aromatic heterocycles. The summed E-state index contributed by atoms with van der Waals surface area (Å²) in [6, 6.07) is 6.36. The van der Waals surface area contributed by atoms with Gasteiger partial charge in [-0.2, -0.15) is 0 Å². The Morgan fingerprint density at radius 3 is 2.75 bits per heavy atom. The lowest BCUT2D eigenvalue weighted by Gasteiger charge is -2.03. The quantitative estimate of drug-likeness (QED) is 0.728. The Labute approximate surface area is 119 Å². The molecule has 0 unspecified atom stereocenters. The second-order valence-corrected chi connectivity index (χ2v) is 5.05. The summed E-state index contributed by atoms with van der Waals surface area (Å²) in [6.45, 7) is 7.00. The number of hydrogen-bond donors (Lipinski definition) is 2. The lowest BCUT2D eigenvalue weighted by molar-refractivity contribution is 0.0906. The molecule has 1 aromatic carbocycles. The Bertz CT molecular complexity index is 509. The summed E-state index contributed by atoms with van der Waals surface area (Å²) in [4.78, 5) is 0. The molecule has 1 heterocycles. The van der Waals surface area contributed by atoms with E-state index < -0.39 is 0 Å². The van der Waals surface area contributed by atoms with Gasteiger partial charge in [0.15, 0.2) is 0 Å². The molecule has 4 nitrogen and oxygen atoms in total. The Morgan fingerprint density at radius 2 is 1.95 bits per heavy atom. The highest BCUT2D eigenvalue weighted by molar-refractivity contribution is 5.79. The lowest BCUT2D eigenvalue weighted by Crippen LogP contribution is -2.16. The Hall–Kier alpha value is -1.36. The zero-order valence-corrected chi connectivity index (χ0v) is 12.2. The van der Waals surface area contributed by atoms with E-state index in [-0.39, 0.29) is 6.61 Å². The predicted molar refractivity (Wildman–Crippen MR) is 79.9 cm³/mol. The number of fused-ring (bicyclic) bond motifs is 1. The van der Waals surface area contributed by atoms with Crippen molar-refractivity contribution in [1.29, 1.82) is 0 Å². The van der Waals surface area contributed by atoms with Crippen molar-refractivity contribution in [2.45, 2.75) is 26.8 Å². The summed E-state index contributed by atoms with van der Waals surface area (Å²) < 4.78 is 11.0. The summed E-state index contributed by atoms with van der Waals surface area (Å²) in [5, 5.41) is 13.1. The molecule has 0 aliphatic carbocycles. The first-order valence-corrected chi connectivity index (χ1v) is 7.09. The fourth-order valence-corrected chi connectivity index (χ4v) is 2.12. The molecule has 0 saturated carbocycles. The number of nitrogens with one attached hydrogen (secondary N) is 1. The van der Waals surface area contributed by atoms with Crippen LogP contribution in [0.2, 0.25) is 0 Å². The van der Waals surface area contributed by atoms with E-state index in [0.29, 0.717) is 13.2 Å². The first-order valence-electron chi connectivity index (χ1n) is 7.09. The van der Waals surface area contributed by atoms with Crippen LogP contribution in [-0.2, 0) is 11.3 Å². The maximum atomic E-state index is 8.57. The number of rotatable bonds is 8. The number of hydrogen-bond acceptors (Lipinski definition) is 4. The Morgan fingerprint density at radius 1 is 1.15 bits per heavy atom. The van der Waals surface area contributed by atoms with Crippen LogP contribution in [-0.4, -0.2) is 31.5 Å². The van der Waals surface area contributed by atoms with Crippen molar-refractivity contribution >= 4 is 11.0 Å². The van der Waals surface area contributed by atoms with Crippen LogP contribution in [0.4, 0.5) is 0 Å². The van der Waals surface area contributed by atoms with Crippen LogP contribution in [0.1, 0.15) is 23.3 Å². The molecule has 2 aromatic rings. The van der Waals surface area contributed by atoms with Crippen molar-refractivity contribution in [2.24, 2.45) is 0 Å². The maximum absolute atomic E-state index is 8.57. The van der Waals surface area contributed by atoms with Gasteiger partial charge in [-0.25, -0.2) is 0 Å². The number of furan rings is 1. The first kappa shape index (κ1) is 15.0. The number of ether oxygens (including phenoxy) is 1. The van der Waals surface area contributed by atoms with Gasteiger partial charge < -0.3 is 19.6 Å². The third kappa shape index (κ3) is 4.07. The van der Waals surface area contributed by atoms with E-state index >= 15 is 0 Å². The predicted octanol–water partition coefficient (Wildman–Crippen LogP) is 2.54. The maximum Gasteiger partial charge on any atom is 0.134 e. The van der Waals surface area contributed by atoms with Crippen LogP contribution >= 0.6 is 0 Å². The summed E-state index contributed by atoms with van der Waals surface area (Å²) in [5.74, 6) is 0.960. The SMILES string of the molecule is Cc1cc2cc(CNCCCOCCO)oc2cc1C. The fraction of sp³-hybridized carbons (Fsp3) is 0.500. The summed E-state index contributed by atoms with van der Waals surface area (Å²) in [7, 11) is 0. The van der Waals surface area contributed by atoms with Gasteiger partial charge in [0.05, 0.1) is 19.8 Å². The fourth-order valence-electron chi connectivity index (χ4n) is 2.12. The molecule has 0 amide bonds. The highest BCUT2D eigenvalue weighted by Gasteiger charge is 2.05. The average Bonchev–Trinajstić information content (AvgIpc) is 2.80. The van der Waals surface area contributed by atoms with E-state index in [1.807, 2.05) is 0 Å². The van der Waals surface area contributed by atoms with Crippen molar-refractivity contribution in [2.75, 3.05) is 26.4 Å². The molecule has 20 heavy (non-hydrogen) atoms. The molecule has 0 fully saturated rings. The molecule has 0 bridgehead atoms. The van der Waals surface area contributed by atoms with Gasteiger partial charge in [0.25, 0.3) is 0 Å². The standard InChI is InChI=1S/C16H23NO3/c1-12-8-14-10-15(20-16(14)9-13(12)2)11-17-4-3-6-19-7-5-18/h8-10,17-18H,3-7,11H2,1-2H3. The van der Waals surface area contributed by atoms with Crippen LogP contribution in [0.15, 0.2) is 22.6 Å².